The number of aliphatic hydroxyl groups excluding tert-OH is 1. The molecule has 2 aromatic rings. The lowest BCUT2D eigenvalue weighted by Crippen LogP contribution is -2.44. The van der Waals surface area contributed by atoms with Gasteiger partial charge in [-0.15, -0.1) is 0 Å². The van der Waals surface area contributed by atoms with Crippen molar-refractivity contribution in [1.82, 2.24) is 10.2 Å². The zero-order valence-electron chi connectivity index (χ0n) is 17.1. The topological polar surface area (TPSA) is 84.9 Å². The molecular weight excluding hydrogens is 380 g/mol. The summed E-state index contributed by atoms with van der Waals surface area (Å²) in [4.78, 5) is 29.7. The van der Waals surface area contributed by atoms with Gasteiger partial charge in [0.15, 0.2) is 0 Å². The molecular formula is C23H28N4O3. The maximum absolute atomic E-state index is 12.7. The van der Waals surface area contributed by atoms with Gasteiger partial charge in [0.1, 0.15) is 5.92 Å². The Morgan fingerprint density at radius 2 is 1.73 bits per heavy atom. The first-order chi connectivity index (χ1) is 14.5. The molecule has 2 saturated heterocycles. The number of hydrogen-bond donors (Lipinski definition) is 3. The van der Waals surface area contributed by atoms with Gasteiger partial charge in [0.05, 0.1) is 12.1 Å². The van der Waals surface area contributed by atoms with E-state index in [2.05, 4.69) is 27.5 Å². The van der Waals surface area contributed by atoms with Crippen molar-refractivity contribution in [3.8, 4) is 0 Å². The van der Waals surface area contributed by atoms with E-state index in [0.717, 1.165) is 37.4 Å². The molecule has 2 fully saturated rings. The molecule has 0 radical (unpaired) electrons. The van der Waals surface area contributed by atoms with Gasteiger partial charge in [0.2, 0.25) is 11.8 Å². The van der Waals surface area contributed by atoms with E-state index in [1.807, 2.05) is 54.6 Å². The Morgan fingerprint density at radius 3 is 2.40 bits per heavy atom. The van der Waals surface area contributed by atoms with E-state index in [1.165, 1.54) is 0 Å². The normalized spacial score (nSPS) is 24.5. The number of aliphatic hydroxyl groups is 1. The fourth-order valence-electron chi connectivity index (χ4n) is 4.10. The molecule has 2 aliphatic rings. The van der Waals surface area contributed by atoms with E-state index < -0.39 is 29.9 Å². The van der Waals surface area contributed by atoms with E-state index in [1.54, 1.807) is 0 Å². The Balaban J connectivity index is 1.36. The van der Waals surface area contributed by atoms with E-state index in [-0.39, 0.29) is 0 Å². The standard InChI is InChI=1S/C23H28N4O3/c1-26-11-13-27(14-12-26)18-9-7-17(8-10-18)24-22(29)20-21(28)19(25-23(20)30)15-16-5-3-2-4-6-16/h2-10,19-21,28H,11-15H2,1H3,(H,24,29)(H,25,30). The summed E-state index contributed by atoms with van der Waals surface area (Å²) in [6.07, 6.45) is -0.584. The van der Waals surface area contributed by atoms with Crippen LogP contribution in [0.1, 0.15) is 5.56 Å². The summed E-state index contributed by atoms with van der Waals surface area (Å²) >= 11 is 0. The highest BCUT2D eigenvalue weighted by molar-refractivity contribution is 6.08. The van der Waals surface area contributed by atoms with Crippen molar-refractivity contribution in [2.45, 2.75) is 18.6 Å². The van der Waals surface area contributed by atoms with Gasteiger partial charge in [-0.3, -0.25) is 9.59 Å². The van der Waals surface area contributed by atoms with Crippen molar-refractivity contribution in [3.05, 3.63) is 60.2 Å². The molecule has 2 amide bonds. The second-order valence-electron chi connectivity index (χ2n) is 8.10. The molecule has 0 aliphatic carbocycles. The summed E-state index contributed by atoms with van der Waals surface area (Å²) in [5.41, 5.74) is 2.73. The van der Waals surface area contributed by atoms with E-state index in [0.29, 0.717) is 12.1 Å². The minimum absolute atomic E-state index is 0.435. The predicted molar refractivity (Wildman–Crippen MR) is 116 cm³/mol. The molecule has 7 nitrogen and oxygen atoms in total. The number of nitrogens with zero attached hydrogens (tertiary/aromatic N) is 2. The molecule has 0 bridgehead atoms. The van der Waals surface area contributed by atoms with Crippen LogP contribution in [0.25, 0.3) is 0 Å². The Hall–Kier alpha value is -2.90. The largest absolute Gasteiger partial charge is 0.390 e. The second-order valence-corrected chi connectivity index (χ2v) is 8.10. The quantitative estimate of drug-likeness (QED) is 0.645. The maximum atomic E-state index is 12.7. The second kappa shape index (κ2) is 8.85. The molecule has 3 unspecified atom stereocenters. The molecule has 0 aromatic heterocycles. The monoisotopic (exact) mass is 408 g/mol. The molecule has 3 N–H and O–H groups in total. The van der Waals surface area contributed by atoms with Gasteiger partial charge in [0, 0.05) is 37.6 Å². The minimum atomic E-state index is -1.11. The van der Waals surface area contributed by atoms with Crippen LogP contribution in [-0.4, -0.2) is 67.2 Å². The first-order valence-corrected chi connectivity index (χ1v) is 10.4. The fraction of sp³-hybridized carbons (Fsp3) is 0.391. The minimum Gasteiger partial charge on any atom is -0.390 e. The molecule has 4 rings (SSSR count). The highest BCUT2D eigenvalue weighted by Crippen LogP contribution is 2.23. The van der Waals surface area contributed by atoms with Crippen LogP contribution in [0.4, 0.5) is 11.4 Å². The summed E-state index contributed by atoms with van der Waals surface area (Å²) in [6, 6.07) is 16.8. The van der Waals surface area contributed by atoms with Gasteiger partial charge in [-0.25, -0.2) is 0 Å². The third-order valence-electron chi connectivity index (χ3n) is 5.95. The predicted octanol–water partition coefficient (Wildman–Crippen LogP) is 1.10. The number of benzene rings is 2. The fourth-order valence-corrected chi connectivity index (χ4v) is 4.10. The number of hydrogen-bond acceptors (Lipinski definition) is 5. The number of nitrogens with one attached hydrogen (secondary N) is 2. The number of carbonyl (C=O) groups is 2. The zero-order chi connectivity index (χ0) is 21.1. The average Bonchev–Trinajstić information content (AvgIpc) is 3.03. The Morgan fingerprint density at radius 1 is 1.07 bits per heavy atom. The lowest BCUT2D eigenvalue weighted by molar-refractivity contribution is -0.132. The van der Waals surface area contributed by atoms with Gasteiger partial charge in [-0.05, 0) is 43.3 Å². The summed E-state index contributed by atoms with van der Waals surface area (Å²) in [7, 11) is 2.12. The summed E-state index contributed by atoms with van der Waals surface area (Å²) < 4.78 is 0. The van der Waals surface area contributed by atoms with Gasteiger partial charge < -0.3 is 25.5 Å². The third-order valence-corrected chi connectivity index (χ3v) is 5.95. The van der Waals surface area contributed by atoms with E-state index >= 15 is 0 Å². The first-order valence-electron chi connectivity index (χ1n) is 10.4. The molecule has 3 atom stereocenters. The lowest BCUT2D eigenvalue weighted by atomic mass is 9.96. The van der Waals surface area contributed by atoms with Gasteiger partial charge >= 0.3 is 0 Å². The number of amides is 2. The van der Waals surface area contributed by atoms with Crippen LogP contribution in [0, 0.1) is 5.92 Å². The van der Waals surface area contributed by atoms with Crippen molar-refractivity contribution >= 4 is 23.2 Å². The van der Waals surface area contributed by atoms with Crippen LogP contribution in [-0.2, 0) is 16.0 Å². The van der Waals surface area contributed by atoms with E-state index in [4.69, 9.17) is 0 Å². The number of anilines is 2. The Bertz CT molecular complexity index is 879. The SMILES string of the molecule is CN1CCN(c2ccc(NC(=O)C3C(=O)NC(Cc4ccccc4)C3O)cc2)CC1. The van der Waals surface area contributed by atoms with Crippen LogP contribution in [0.3, 0.4) is 0 Å². The van der Waals surface area contributed by atoms with Crippen LogP contribution in [0.5, 0.6) is 0 Å². The van der Waals surface area contributed by atoms with E-state index in [9.17, 15) is 14.7 Å². The van der Waals surface area contributed by atoms with Crippen LogP contribution >= 0.6 is 0 Å². The maximum Gasteiger partial charge on any atom is 0.239 e. The molecule has 0 saturated carbocycles. The highest BCUT2D eigenvalue weighted by atomic mass is 16.3. The van der Waals surface area contributed by atoms with Crippen LogP contribution < -0.4 is 15.5 Å². The van der Waals surface area contributed by atoms with Crippen molar-refractivity contribution in [3.63, 3.8) is 0 Å². The van der Waals surface area contributed by atoms with Gasteiger partial charge in [-0.2, -0.15) is 0 Å². The summed E-state index contributed by atoms with van der Waals surface area (Å²) in [5.74, 6) is -2.03. The molecule has 2 aliphatic heterocycles. The highest BCUT2D eigenvalue weighted by Gasteiger charge is 2.45. The first kappa shape index (κ1) is 20.4. The molecule has 30 heavy (non-hydrogen) atoms. The molecule has 2 heterocycles. The third kappa shape index (κ3) is 4.47. The molecule has 0 spiro atoms. The molecule has 7 heteroatoms. The Labute approximate surface area is 176 Å². The zero-order valence-corrected chi connectivity index (χ0v) is 17.1. The number of carbonyl (C=O) groups excluding carboxylic acids is 2. The van der Waals surface area contributed by atoms with Gasteiger partial charge in [-0.1, -0.05) is 30.3 Å². The summed E-state index contributed by atoms with van der Waals surface area (Å²) in [5, 5.41) is 16.2. The molecule has 2 aromatic carbocycles. The average molecular weight is 409 g/mol. The summed E-state index contributed by atoms with van der Waals surface area (Å²) in [6.45, 7) is 3.99. The molecule has 158 valence electrons. The number of piperazine rings is 1. The Kier molecular flexibility index (Phi) is 6.01. The lowest BCUT2D eigenvalue weighted by Gasteiger charge is -2.34. The smallest absolute Gasteiger partial charge is 0.239 e. The van der Waals surface area contributed by atoms with Crippen molar-refractivity contribution in [1.29, 1.82) is 0 Å². The van der Waals surface area contributed by atoms with Gasteiger partial charge in [0.25, 0.3) is 0 Å². The van der Waals surface area contributed by atoms with Crippen molar-refractivity contribution in [2.24, 2.45) is 5.92 Å². The van der Waals surface area contributed by atoms with Crippen LogP contribution in [0.15, 0.2) is 54.6 Å². The number of likely N-dealkylation sites (N-methyl/N-ethyl adjacent to an activating group) is 1. The van der Waals surface area contributed by atoms with Crippen molar-refractivity contribution in [2.75, 3.05) is 43.4 Å². The number of rotatable bonds is 5. The van der Waals surface area contributed by atoms with Crippen molar-refractivity contribution < 1.29 is 14.7 Å². The van der Waals surface area contributed by atoms with Crippen LogP contribution in [0.2, 0.25) is 0 Å².